The van der Waals surface area contributed by atoms with Crippen LogP contribution in [-0.4, -0.2) is 72.9 Å². The van der Waals surface area contributed by atoms with Crippen LogP contribution in [-0.2, 0) is 16.0 Å². The fraction of sp³-hybridized carbons (Fsp3) is 0.500. The number of benzene rings is 2. The second-order valence-corrected chi connectivity index (χ2v) is 10.5. The van der Waals surface area contributed by atoms with Gasteiger partial charge in [0, 0.05) is 48.3 Å². The number of likely N-dealkylation sites (N-methyl/N-ethyl adjacent to an activating group) is 1. The lowest BCUT2D eigenvalue weighted by Gasteiger charge is -2.52. The number of rotatable bonds is 5. The second-order valence-electron chi connectivity index (χ2n) is 10.5. The molecule has 0 radical (unpaired) electrons. The summed E-state index contributed by atoms with van der Waals surface area (Å²) in [6, 6.07) is 2.61. The Balaban J connectivity index is 1.73. The highest BCUT2D eigenvalue weighted by Crippen LogP contribution is 2.54. The van der Waals surface area contributed by atoms with E-state index < -0.39 is 18.2 Å². The predicted molar refractivity (Wildman–Crippen MR) is 142 cm³/mol. The fourth-order valence-electron chi connectivity index (χ4n) is 6.15. The van der Waals surface area contributed by atoms with Crippen LogP contribution in [0.25, 0.3) is 0 Å². The minimum Gasteiger partial charge on any atom is -0.504 e. The lowest BCUT2D eigenvalue weighted by atomic mass is 9.81. The topological polar surface area (TPSA) is 136 Å². The number of aromatic hydroxyl groups is 1. The smallest absolute Gasteiger partial charge is 0.308 e. The number of nitrogens with one attached hydrogen (secondary N) is 1. The summed E-state index contributed by atoms with van der Waals surface area (Å²) >= 11 is 0. The first-order chi connectivity index (χ1) is 18.5. The van der Waals surface area contributed by atoms with Crippen LogP contribution in [0.15, 0.2) is 12.1 Å². The zero-order chi connectivity index (χ0) is 28.2. The minimum absolute atomic E-state index is 0.0198. The van der Waals surface area contributed by atoms with Crippen LogP contribution in [0.1, 0.15) is 53.9 Å². The third kappa shape index (κ3) is 4.44. The molecular weight excluding hydrogens is 504 g/mol. The van der Waals surface area contributed by atoms with Crippen molar-refractivity contribution in [3.05, 3.63) is 39.9 Å². The molecule has 2 unspecified atom stereocenters. The molecule has 3 aliphatic rings. The number of carbonyl (C=O) groups excluding carboxylic acids is 2. The maximum absolute atomic E-state index is 13.0. The maximum atomic E-state index is 13.0. The zero-order valence-electron chi connectivity index (χ0n) is 23.2. The highest BCUT2D eigenvalue weighted by Gasteiger charge is 2.48. The SMILES string of the molecule is COc1c(C)ccc([C@@H]2C3Cc4c(OC(C)=O)c(C)c5c(c4C(NC(=O)[C@@H](C)N)N3CCN2C)OCO5)c1O. The number of methoxy groups -OCH3 is 1. The van der Waals surface area contributed by atoms with Gasteiger partial charge in [-0.15, -0.1) is 0 Å². The van der Waals surface area contributed by atoms with Crippen molar-refractivity contribution in [2.24, 2.45) is 5.73 Å². The predicted octanol–water partition coefficient (Wildman–Crippen LogP) is 2.05. The highest BCUT2D eigenvalue weighted by molar-refractivity contribution is 5.82. The van der Waals surface area contributed by atoms with Crippen LogP contribution in [0, 0.1) is 13.8 Å². The van der Waals surface area contributed by atoms with Crippen LogP contribution in [0.2, 0.25) is 0 Å². The highest BCUT2D eigenvalue weighted by atomic mass is 16.7. The molecule has 1 saturated heterocycles. The Morgan fingerprint density at radius 2 is 1.90 bits per heavy atom. The van der Waals surface area contributed by atoms with Gasteiger partial charge in [0.25, 0.3) is 0 Å². The van der Waals surface area contributed by atoms with Crippen molar-refractivity contribution in [1.82, 2.24) is 15.1 Å². The number of fused-ring (bicyclic) bond motifs is 4. The molecule has 1 fully saturated rings. The summed E-state index contributed by atoms with van der Waals surface area (Å²) in [4.78, 5) is 29.6. The minimum atomic E-state index is -0.744. The number of amides is 1. The molecule has 4 N–H and O–H groups in total. The van der Waals surface area contributed by atoms with Crippen LogP contribution in [0.3, 0.4) is 0 Å². The van der Waals surface area contributed by atoms with Gasteiger partial charge in [-0.05, 0) is 39.8 Å². The van der Waals surface area contributed by atoms with E-state index in [2.05, 4.69) is 15.1 Å². The van der Waals surface area contributed by atoms with E-state index in [4.69, 9.17) is 24.7 Å². The van der Waals surface area contributed by atoms with Crippen LogP contribution in [0.5, 0.6) is 28.7 Å². The molecule has 2 aromatic carbocycles. The van der Waals surface area contributed by atoms with Crippen molar-refractivity contribution in [3.8, 4) is 28.7 Å². The first-order valence-electron chi connectivity index (χ1n) is 13.1. The molecule has 0 aromatic heterocycles. The summed E-state index contributed by atoms with van der Waals surface area (Å²) in [6.07, 6.45) is -0.168. The lowest BCUT2D eigenvalue weighted by Crippen LogP contribution is -2.61. The van der Waals surface area contributed by atoms with Crippen molar-refractivity contribution in [2.45, 2.75) is 58.4 Å². The van der Waals surface area contributed by atoms with Gasteiger partial charge in [-0.2, -0.15) is 0 Å². The standard InChI is InChI=1S/C28H36N4O7/c1-13-7-8-17(22(34)23(13)36-6)21-19-11-18-20(26-25(37-12-38-26)14(2)24(18)39-16(4)33)27(30-28(35)15(3)29)32(19)10-9-31(21)5/h7-8,15,19,21,27,34H,9-12,29H2,1-6H3,(H,30,35)/t15-,19?,21-,27?/m1/s1. The molecule has 0 saturated carbocycles. The van der Waals surface area contributed by atoms with Crippen molar-refractivity contribution in [2.75, 3.05) is 34.0 Å². The summed E-state index contributed by atoms with van der Waals surface area (Å²) in [5.41, 5.74) is 9.61. The molecule has 0 spiro atoms. The Bertz CT molecular complexity index is 1330. The van der Waals surface area contributed by atoms with E-state index in [1.807, 2.05) is 33.0 Å². The molecule has 1 amide bonds. The van der Waals surface area contributed by atoms with Gasteiger partial charge in [0.1, 0.15) is 11.9 Å². The summed E-state index contributed by atoms with van der Waals surface area (Å²) in [5, 5.41) is 14.4. The van der Waals surface area contributed by atoms with E-state index in [1.54, 1.807) is 6.92 Å². The van der Waals surface area contributed by atoms with Crippen molar-refractivity contribution >= 4 is 11.9 Å². The zero-order valence-corrected chi connectivity index (χ0v) is 23.2. The van der Waals surface area contributed by atoms with E-state index in [9.17, 15) is 14.7 Å². The van der Waals surface area contributed by atoms with Gasteiger partial charge in [-0.25, -0.2) is 0 Å². The Morgan fingerprint density at radius 1 is 1.18 bits per heavy atom. The first-order valence-corrected chi connectivity index (χ1v) is 13.1. The number of phenolic OH excluding ortho intramolecular Hbond substituents is 1. The fourth-order valence-corrected chi connectivity index (χ4v) is 6.15. The van der Waals surface area contributed by atoms with E-state index in [0.29, 0.717) is 59.2 Å². The molecule has 11 nitrogen and oxygen atoms in total. The molecule has 0 aliphatic carbocycles. The molecule has 39 heavy (non-hydrogen) atoms. The van der Waals surface area contributed by atoms with E-state index in [1.165, 1.54) is 14.0 Å². The number of phenols is 1. The summed E-state index contributed by atoms with van der Waals surface area (Å²) in [5.74, 6) is 1.15. The number of piperazine rings is 1. The van der Waals surface area contributed by atoms with Gasteiger partial charge in [0.2, 0.25) is 12.7 Å². The Hall–Kier alpha value is -3.54. The van der Waals surface area contributed by atoms with Crippen molar-refractivity contribution < 1.29 is 33.6 Å². The molecule has 3 heterocycles. The van der Waals surface area contributed by atoms with E-state index in [-0.39, 0.29) is 30.5 Å². The molecule has 210 valence electrons. The van der Waals surface area contributed by atoms with Crippen LogP contribution < -0.4 is 30.0 Å². The van der Waals surface area contributed by atoms with Gasteiger partial charge >= 0.3 is 5.97 Å². The van der Waals surface area contributed by atoms with Gasteiger partial charge in [0.05, 0.1) is 19.2 Å². The number of nitrogens with two attached hydrogens (primary N) is 1. The molecule has 4 atom stereocenters. The largest absolute Gasteiger partial charge is 0.504 e. The number of aryl methyl sites for hydroxylation is 1. The number of hydrogen-bond acceptors (Lipinski definition) is 10. The van der Waals surface area contributed by atoms with E-state index in [0.717, 1.165) is 11.1 Å². The summed E-state index contributed by atoms with van der Waals surface area (Å²) < 4.78 is 23.0. The Kier molecular flexibility index (Phi) is 7.08. The van der Waals surface area contributed by atoms with E-state index >= 15 is 0 Å². The summed E-state index contributed by atoms with van der Waals surface area (Å²) in [6.45, 7) is 8.00. The quantitative estimate of drug-likeness (QED) is 0.382. The first kappa shape index (κ1) is 27.0. The lowest BCUT2D eigenvalue weighted by molar-refractivity contribution is -0.132. The number of ether oxygens (including phenoxy) is 4. The van der Waals surface area contributed by atoms with Crippen molar-refractivity contribution in [1.29, 1.82) is 0 Å². The third-order valence-corrected chi connectivity index (χ3v) is 7.95. The van der Waals surface area contributed by atoms with Gasteiger partial charge in [0.15, 0.2) is 23.0 Å². The Labute approximate surface area is 227 Å². The van der Waals surface area contributed by atoms with Gasteiger partial charge < -0.3 is 35.1 Å². The molecule has 11 heteroatoms. The summed E-state index contributed by atoms with van der Waals surface area (Å²) in [7, 11) is 3.55. The Morgan fingerprint density at radius 3 is 2.56 bits per heavy atom. The molecular formula is C28H36N4O7. The van der Waals surface area contributed by atoms with Crippen LogP contribution in [0.4, 0.5) is 0 Å². The monoisotopic (exact) mass is 540 g/mol. The average molecular weight is 541 g/mol. The molecule has 3 aliphatic heterocycles. The molecule has 2 aromatic rings. The second kappa shape index (κ2) is 10.2. The average Bonchev–Trinajstić information content (AvgIpc) is 3.37. The third-order valence-electron chi connectivity index (χ3n) is 7.95. The normalized spacial score (nSPS) is 23.0. The number of nitrogens with zero attached hydrogens (tertiary/aromatic N) is 2. The van der Waals surface area contributed by atoms with Gasteiger partial charge in [-0.1, -0.05) is 12.1 Å². The van der Waals surface area contributed by atoms with Crippen molar-refractivity contribution in [3.63, 3.8) is 0 Å². The molecule has 0 bridgehead atoms. The number of carbonyl (C=O) groups is 2. The van der Waals surface area contributed by atoms with Gasteiger partial charge in [-0.3, -0.25) is 19.4 Å². The molecule has 5 rings (SSSR count). The maximum Gasteiger partial charge on any atom is 0.308 e. The number of esters is 1. The van der Waals surface area contributed by atoms with Crippen LogP contribution >= 0.6 is 0 Å². The number of hydrogen-bond donors (Lipinski definition) is 3.